The summed E-state index contributed by atoms with van der Waals surface area (Å²) in [6.07, 6.45) is 3.35. The van der Waals surface area contributed by atoms with Crippen molar-refractivity contribution in [3.05, 3.63) is 24.2 Å². The molecule has 0 spiro atoms. The van der Waals surface area contributed by atoms with E-state index in [1.54, 1.807) is 18.2 Å². The lowest BCUT2D eigenvalue weighted by molar-refractivity contribution is 0.0214. The van der Waals surface area contributed by atoms with Crippen LogP contribution in [0.1, 0.15) is 46.4 Å². The van der Waals surface area contributed by atoms with Gasteiger partial charge in [0.15, 0.2) is 11.7 Å². The van der Waals surface area contributed by atoms with Gasteiger partial charge in [-0.3, -0.25) is 10.1 Å². The molecule has 184 valence electrons. The summed E-state index contributed by atoms with van der Waals surface area (Å²) in [6.45, 7) is 11.3. The molecule has 0 bridgehead atoms. The molecular formula is C22H36IN7O3. The number of guanidine groups is 1. The van der Waals surface area contributed by atoms with Gasteiger partial charge in [-0.05, 0) is 58.6 Å². The van der Waals surface area contributed by atoms with E-state index in [9.17, 15) is 4.79 Å². The number of carbonyl (C=O) groups is 1. The van der Waals surface area contributed by atoms with Gasteiger partial charge in [-0.2, -0.15) is 0 Å². The van der Waals surface area contributed by atoms with Gasteiger partial charge >= 0.3 is 6.09 Å². The number of aliphatic imine (C=N–C) groups is 1. The van der Waals surface area contributed by atoms with Gasteiger partial charge < -0.3 is 24.3 Å². The number of nitrogens with one attached hydrogen (secondary N) is 2. The smallest absolute Gasteiger partial charge is 0.410 e. The number of aromatic amines is 1. The standard InChI is InChI=1S/C22H35N7O3.HI/c1-6-28(21(30)32-22(2,3)4)15-16-9-11-29(12-10-16)20(23-5)24-14-18-25-19(27-26-18)17-8-7-13-31-17;/h7-8,13,16H,6,9-12,14-15H2,1-5H3,(H,23,24)(H,25,26,27);1H. The molecule has 11 heteroatoms. The van der Waals surface area contributed by atoms with Crippen LogP contribution in [0.3, 0.4) is 0 Å². The number of H-pyrrole nitrogens is 1. The quantitative estimate of drug-likeness (QED) is 0.308. The molecule has 1 fully saturated rings. The van der Waals surface area contributed by atoms with Crippen LogP contribution in [-0.2, 0) is 11.3 Å². The van der Waals surface area contributed by atoms with E-state index in [1.165, 1.54) is 0 Å². The molecule has 2 aromatic rings. The van der Waals surface area contributed by atoms with E-state index in [4.69, 9.17) is 9.15 Å². The fourth-order valence-corrected chi connectivity index (χ4v) is 3.68. The zero-order valence-electron chi connectivity index (χ0n) is 20.1. The number of hydrogen-bond donors (Lipinski definition) is 2. The number of hydrogen-bond acceptors (Lipinski definition) is 6. The van der Waals surface area contributed by atoms with Crippen molar-refractivity contribution in [2.75, 3.05) is 33.2 Å². The van der Waals surface area contributed by atoms with Crippen LogP contribution in [0.4, 0.5) is 4.79 Å². The molecule has 0 saturated carbocycles. The average Bonchev–Trinajstić information content (AvgIpc) is 3.44. The molecule has 0 radical (unpaired) electrons. The van der Waals surface area contributed by atoms with E-state index >= 15 is 0 Å². The van der Waals surface area contributed by atoms with Gasteiger partial charge in [0.1, 0.15) is 11.4 Å². The molecule has 3 rings (SSSR count). The number of piperidine rings is 1. The minimum Gasteiger partial charge on any atom is -0.461 e. The maximum atomic E-state index is 12.4. The summed E-state index contributed by atoms with van der Waals surface area (Å²) in [6, 6.07) is 3.63. The van der Waals surface area contributed by atoms with Crippen LogP contribution in [0.25, 0.3) is 11.6 Å². The first kappa shape index (κ1) is 26.9. The third-order valence-corrected chi connectivity index (χ3v) is 5.33. The second kappa shape index (κ2) is 12.2. The van der Waals surface area contributed by atoms with E-state index in [-0.39, 0.29) is 30.1 Å². The van der Waals surface area contributed by atoms with Crippen molar-refractivity contribution in [1.29, 1.82) is 0 Å². The number of aromatic nitrogens is 3. The number of halogens is 1. The van der Waals surface area contributed by atoms with E-state index < -0.39 is 5.60 Å². The van der Waals surface area contributed by atoms with Gasteiger partial charge in [-0.25, -0.2) is 9.78 Å². The van der Waals surface area contributed by atoms with E-state index in [1.807, 2.05) is 39.8 Å². The molecule has 2 aromatic heterocycles. The van der Waals surface area contributed by atoms with Gasteiger partial charge in [-0.1, -0.05) is 0 Å². The Bertz CT molecular complexity index is 884. The SMILES string of the molecule is CCN(CC1CCN(C(=NC)NCc2nc(-c3ccco3)n[nH]2)CC1)C(=O)OC(C)(C)C.I. The maximum Gasteiger partial charge on any atom is 0.410 e. The second-order valence-electron chi connectivity index (χ2n) is 8.93. The number of furan rings is 1. The number of amides is 1. The highest BCUT2D eigenvalue weighted by molar-refractivity contribution is 14.0. The van der Waals surface area contributed by atoms with Crippen LogP contribution < -0.4 is 5.32 Å². The molecule has 10 nitrogen and oxygen atoms in total. The Kier molecular flexibility index (Phi) is 9.99. The third kappa shape index (κ3) is 7.90. The Morgan fingerprint density at radius 2 is 2.12 bits per heavy atom. The van der Waals surface area contributed by atoms with Crippen molar-refractivity contribution in [3.63, 3.8) is 0 Å². The third-order valence-electron chi connectivity index (χ3n) is 5.33. The van der Waals surface area contributed by atoms with Crippen molar-refractivity contribution in [2.24, 2.45) is 10.9 Å². The number of rotatable bonds is 6. The Balaban J connectivity index is 0.00000385. The van der Waals surface area contributed by atoms with Gasteiger partial charge in [-0.15, -0.1) is 29.1 Å². The van der Waals surface area contributed by atoms with Crippen LogP contribution in [-0.4, -0.2) is 75.9 Å². The van der Waals surface area contributed by atoms with Crippen LogP contribution in [0.2, 0.25) is 0 Å². The van der Waals surface area contributed by atoms with Gasteiger partial charge in [0.05, 0.1) is 12.8 Å². The Morgan fingerprint density at radius 3 is 2.70 bits per heavy atom. The second-order valence-corrected chi connectivity index (χ2v) is 8.93. The average molecular weight is 573 g/mol. The predicted octanol–water partition coefficient (Wildman–Crippen LogP) is 3.73. The summed E-state index contributed by atoms with van der Waals surface area (Å²) >= 11 is 0. The lowest BCUT2D eigenvalue weighted by atomic mass is 9.96. The molecule has 1 amide bonds. The van der Waals surface area contributed by atoms with Crippen molar-refractivity contribution < 1.29 is 13.9 Å². The van der Waals surface area contributed by atoms with Crippen molar-refractivity contribution >= 4 is 36.0 Å². The first-order valence-electron chi connectivity index (χ1n) is 11.2. The monoisotopic (exact) mass is 573 g/mol. The van der Waals surface area contributed by atoms with Gasteiger partial charge in [0.25, 0.3) is 0 Å². The highest BCUT2D eigenvalue weighted by Crippen LogP contribution is 2.20. The number of ether oxygens (including phenoxy) is 1. The minimum atomic E-state index is -0.478. The molecular weight excluding hydrogens is 537 g/mol. The van der Waals surface area contributed by atoms with Crippen LogP contribution in [0, 0.1) is 5.92 Å². The summed E-state index contributed by atoms with van der Waals surface area (Å²) in [5.41, 5.74) is -0.478. The molecule has 0 atom stereocenters. The highest BCUT2D eigenvalue weighted by atomic mass is 127. The molecule has 1 saturated heterocycles. The lowest BCUT2D eigenvalue weighted by Crippen LogP contribution is -2.47. The largest absolute Gasteiger partial charge is 0.461 e. The van der Waals surface area contributed by atoms with Crippen molar-refractivity contribution in [2.45, 2.75) is 52.7 Å². The fourth-order valence-electron chi connectivity index (χ4n) is 3.68. The number of nitrogens with zero attached hydrogens (tertiary/aromatic N) is 5. The lowest BCUT2D eigenvalue weighted by Gasteiger charge is -2.36. The van der Waals surface area contributed by atoms with E-state index in [0.29, 0.717) is 36.4 Å². The summed E-state index contributed by atoms with van der Waals surface area (Å²) in [4.78, 5) is 25.3. The Hall–Kier alpha value is -2.31. The molecule has 2 N–H and O–H groups in total. The molecule has 1 aliphatic heterocycles. The van der Waals surface area contributed by atoms with Crippen LogP contribution >= 0.6 is 24.0 Å². The summed E-state index contributed by atoms with van der Waals surface area (Å²) < 4.78 is 10.9. The van der Waals surface area contributed by atoms with Gasteiger partial charge in [0.2, 0.25) is 5.82 Å². The van der Waals surface area contributed by atoms with Crippen molar-refractivity contribution in [3.8, 4) is 11.6 Å². The molecule has 3 heterocycles. The molecule has 1 aliphatic rings. The summed E-state index contributed by atoms with van der Waals surface area (Å²) in [5.74, 6) is 3.16. The maximum absolute atomic E-state index is 12.4. The van der Waals surface area contributed by atoms with Crippen LogP contribution in [0.15, 0.2) is 27.8 Å². The minimum absolute atomic E-state index is 0. The first-order chi connectivity index (χ1) is 15.3. The topological polar surface area (TPSA) is 112 Å². The molecule has 0 aromatic carbocycles. The fraction of sp³-hybridized carbons (Fsp3) is 0.636. The highest BCUT2D eigenvalue weighted by Gasteiger charge is 2.27. The Labute approximate surface area is 212 Å². The van der Waals surface area contributed by atoms with Crippen molar-refractivity contribution in [1.82, 2.24) is 30.3 Å². The Morgan fingerprint density at radius 1 is 1.39 bits per heavy atom. The first-order valence-corrected chi connectivity index (χ1v) is 11.2. The zero-order chi connectivity index (χ0) is 23.1. The summed E-state index contributed by atoms with van der Waals surface area (Å²) in [7, 11) is 1.78. The van der Waals surface area contributed by atoms with Crippen LogP contribution in [0.5, 0.6) is 0 Å². The normalized spacial score (nSPS) is 15.2. The molecule has 0 aliphatic carbocycles. The van der Waals surface area contributed by atoms with E-state index in [0.717, 1.165) is 38.4 Å². The molecule has 33 heavy (non-hydrogen) atoms. The number of carbonyl (C=O) groups excluding carboxylic acids is 1. The zero-order valence-corrected chi connectivity index (χ0v) is 22.5. The molecule has 0 unspecified atom stereocenters. The van der Waals surface area contributed by atoms with Gasteiger partial charge in [0, 0.05) is 33.2 Å². The van der Waals surface area contributed by atoms with E-state index in [2.05, 4.69) is 30.4 Å². The summed E-state index contributed by atoms with van der Waals surface area (Å²) in [5, 5.41) is 10.5. The predicted molar refractivity (Wildman–Crippen MR) is 137 cm³/mol. The number of likely N-dealkylation sites (tertiary alicyclic amines) is 1.